The molecular weight excluding hydrogens is 406 g/mol. The summed E-state index contributed by atoms with van der Waals surface area (Å²) in [6, 6.07) is 13.6. The molecule has 2 aromatic carbocycles. The van der Waals surface area contributed by atoms with E-state index < -0.39 is 23.1 Å². The largest absolute Gasteiger partial charge is 0.503 e. The highest BCUT2D eigenvalue weighted by molar-refractivity contribution is 6.17. The van der Waals surface area contributed by atoms with Crippen molar-refractivity contribution in [1.29, 1.82) is 0 Å². The lowest BCUT2D eigenvalue weighted by Gasteiger charge is -2.29. The van der Waals surface area contributed by atoms with Gasteiger partial charge in [0.15, 0.2) is 11.5 Å². The molecule has 1 N–H and O–H groups in total. The van der Waals surface area contributed by atoms with Gasteiger partial charge in [0.1, 0.15) is 11.5 Å². The van der Waals surface area contributed by atoms with E-state index >= 15 is 0 Å². The summed E-state index contributed by atoms with van der Waals surface area (Å²) in [5.41, 5.74) is 0.567. The van der Waals surface area contributed by atoms with Crippen LogP contribution in [0.5, 0.6) is 11.5 Å². The molecule has 1 aliphatic rings. The smallest absolute Gasteiger partial charge is 0.294 e. The Morgan fingerprint density at radius 2 is 1.75 bits per heavy atom. The number of rotatable bonds is 7. The molecule has 32 heavy (non-hydrogen) atoms. The summed E-state index contributed by atoms with van der Waals surface area (Å²) in [7, 11) is 0. The summed E-state index contributed by atoms with van der Waals surface area (Å²) >= 11 is 0. The molecule has 1 heterocycles. The number of Topliss-reactive ketones (excluding diaryl/α,β-unsaturated/α-hetero) is 1. The molecule has 0 fully saturated rings. The fourth-order valence-corrected chi connectivity index (χ4v) is 3.71. The first-order valence-corrected chi connectivity index (χ1v) is 10.9. The number of aliphatic hydroxyl groups is 1. The number of amides is 1. The molecule has 6 heteroatoms. The lowest BCUT2D eigenvalue weighted by molar-refractivity contribution is -0.123. The minimum Gasteiger partial charge on any atom is -0.503 e. The monoisotopic (exact) mass is 437 g/mol. The second kappa shape index (κ2) is 9.07. The van der Waals surface area contributed by atoms with Crippen LogP contribution in [0, 0.1) is 5.41 Å². The number of aliphatic hydroxyl groups excluding tert-OH is 1. The van der Waals surface area contributed by atoms with Crippen molar-refractivity contribution in [1.82, 2.24) is 0 Å². The molecule has 3 rings (SSSR count). The first-order valence-electron chi connectivity index (χ1n) is 10.9. The minimum absolute atomic E-state index is 0.0219. The first kappa shape index (κ1) is 23.4. The molecule has 0 saturated carbocycles. The van der Waals surface area contributed by atoms with Gasteiger partial charge >= 0.3 is 0 Å². The fraction of sp³-hybridized carbons (Fsp3) is 0.385. The van der Waals surface area contributed by atoms with Crippen LogP contribution in [-0.2, 0) is 9.59 Å². The number of anilines is 1. The predicted octanol–water partition coefficient (Wildman–Crippen LogP) is 5.39. The van der Waals surface area contributed by atoms with Gasteiger partial charge in [0, 0.05) is 17.2 Å². The molecule has 0 bridgehead atoms. The summed E-state index contributed by atoms with van der Waals surface area (Å²) in [5.74, 6) is -0.112. The van der Waals surface area contributed by atoms with Crippen molar-refractivity contribution in [3.63, 3.8) is 0 Å². The van der Waals surface area contributed by atoms with Crippen molar-refractivity contribution in [3.8, 4) is 11.5 Å². The van der Waals surface area contributed by atoms with E-state index in [0.29, 0.717) is 29.4 Å². The highest BCUT2D eigenvalue weighted by atomic mass is 16.5. The number of nitrogens with zero attached hydrogens (tertiary/aromatic N) is 1. The van der Waals surface area contributed by atoms with E-state index in [1.54, 1.807) is 45.0 Å². The van der Waals surface area contributed by atoms with Crippen LogP contribution < -0.4 is 14.4 Å². The lowest BCUT2D eigenvalue weighted by Crippen LogP contribution is -2.32. The van der Waals surface area contributed by atoms with E-state index in [2.05, 4.69) is 0 Å². The van der Waals surface area contributed by atoms with Crippen molar-refractivity contribution >= 4 is 17.4 Å². The zero-order valence-electron chi connectivity index (χ0n) is 19.5. The molecule has 1 amide bonds. The van der Waals surface area contributed by atoms with Crippen LogP contribution in [-0.4, -0.2) is 29.5 Å². The van der Waals surface area contributed by atoms with Crippen LogP contribution in [0.15, 0.2) is 59.9 Å². The number of hydrogen-bond donors (Lipinski definition) is 1. The quantitative estimate of drug-likeness (QED) is 0.629. The molecule has 0 saturated heterocycles. The second-order valence-corrected chi connectivity index (χ2v) is 9.09. The average molecular weight is 438 g/mol. The number of hydrogen-bond acceptors (Lipinski definition) is 5. The normalized spacial score (nSPS) is 16.7. The van der Waals surface area contributed by atoms with Gasteiger partial charge in [-0.15, -0.1) is 0 Å². The molecule has 6 nitrogen and oxygen atoms in total. The number of carbonyl (C=O) groups excluding carboxylic acids is 2. The van der Waals surface area contributed by atoms with Gasteiger partial charge in [0.2, 0.25) is 0 Å². The molecule has 2 aromatic rings. The van der Waals surface area contributed by atoms with Gasteiger partial charge in [-0.25, -0.2) is 0 Å². The highest BCUT2D eigenvalue weighted by Crippen LogP contribution is 2.44. The molecule has 1 atom stereocenters. The summed E-state index contributed by atoms with van der Waals surface area (Å²) in [4.78, 5) is 28.0. The van der Waals surface area contributed by atoms with Gasteiger partial charge in [0.25, 0.3) is 5.91 Å². The average Bonchev–Trinajstić information content (AvgIpc) is 2.98. The van der Waals surface area contributed by atoms with Crippen molar-refractivity contribution in [2.75, 3.05) is 11.5 Å². The molecule has 0 aromatic heterocycles. The maximum atomic E-state index is 13.3. The van der Waals surface area contributed by atoms with Crippen LogP contribution >= 0.6 is 0 Å². The van der Waals surface area contributed by atoms with E-state index in [1.807, 2.05) is 45.0 Å². The Morgan fingerprint density at radius 1 is 1.09 bits per heavy atom. The SMILES string of the molecule is CCOc1cccc(N2C(=O)C(O)=C(C(=O)C(C)(C)C)C2c2ccc(OC(C)C)cc2)c1. The highest BCUT2D eigenvalue weighted by Gasteiger charge is 2.46. The maximum absolute atomic E-state index is 13.3. The maximum Gasteiger partial charge on any atom is 0.294 e. The molecular formula is C26H31NO5. The van der Waals surface area contributed by atoms with Gasteiger partial charge < -0.3 is 14.6 Å². The van der Waals surface area contributed by atoms with Gasteiger partial charge in [-0.05, 0) is 50.6 Å². The Labute approximate surface area is 189 Å². The fourth-order valence-electron chi connectivity index (χ4n) is 3.71. The third-order valence-corrected chi connectivity index (χ3v) is 5.11. The molecule has 0 aliphatic carbocycles. The van der Waals surface area contributed by atoms with E-state index in [0.717, 1.165) is 0 Å². The number of carbonyl (C=O) groups is 2. The predicted molar refractivity (Wildman–Crippen MR) is 124 cm³/mol. The van der Waals surface area contributed by atoms with Gasteiger partial charge in [-0.2, -0.15) is 0 Å². The Balaban J connectivity index is 2.13. The number of ether oxygens (including phenoxy) is 2. The zero-order valence-corrected chi connectivity index (χ0v) is 19.5. The van der Waals surface area contributed by atoms with Gasteiger partial charge in [-0.1, -0.05) is 39.0 Å². The second-order valence-electron chi connectivity index (χ2n) is 9.09. The topological polar surface area (TPSA) is 76.1 Å². The molecule has 0 spiro atoms. The standard InChI is InChI=1S/C26H31NO5/c1-7-31-20-10-8-9-18(15-20)27-22(17-11-13-19(14-12-17)32-16(2)3)21(23(28)25(27)30)24(29)26(4,5)6/h8-16,22,28H,7H2,1-6H3. The summed E-state index contributed by atoms with van der Waals surface area (Å²) < 4.78 is 11.3. The first-order chi connectivity index (χ1) is 15.0. The zero-order chi connectivity index (χ0) is 23.6. The number of benzene rings is 2. The summed E-state index contributed by atoms with van der Waals surface area (Å²) in [5, 5.41) is 10.8. The van der Waals surface area contributed by atoms with Crippen LogP contribution in [0.3, 0.4) is 0 Å². The van der Waals surface area contributed by atoms with Crippen molar-refractivity contribution in [3.05, 3.63) is 65.4 Å². The van der Waals surface area contributed by atoms with Crippen molar-refractivity contribution in [2.24, 2.45) is 5.41 Å². The molecule has 1 aliphatic heterocycles. The Kier molecular flexibility index (Phi) is 6.63. The minimum atomic E-state index is -0.772. The molecule has 0 radical (unpaired) electrons. The molecule has 1 unspecified atom stereocenters. The number of ketones is 1. The van der Waals surface area contributed by atoms with E-state index in [-0.39, 0.29) is 17.5 Å². The van der Waals surface area contributed by atoms with Crippen molar-refractivity contribution in [2.45, 2.75) is 53.7 Å². The van der Waals surface area contributed by atoms with Crippen LogP contribution in [0.4, 0.5) is 5.69 Å². The van der Waals surface area contributed by atoms with Crippen LogP contribution in [0.25, 0.3) is 0 Å². The lowest BCUT2D eigenvalue weighted by atomic mass is 9.82. The summed E-state index contributed by atoms with van der Waals surface area (Å²) in [6.45, 7) is 11.6. The van der Waals surface area contributed by atoms with Crippen molar-refractivity contribution < 1.29 is 24.2 Å². The Hall–Kier alpha value is -3.28. The van der Waals surface area contributed by atoms with Crippen LogP contribution in [0.1, 0.15) is 53.1 Å². The van der Waals surface area contributed by atoms with Gasteiger partial charge in [-0.3, -0.25) is 14.5 Å². The van der Waals surface area contributed by atoms with Gasteiger partial charge in [0.05, 0.1) is 24.3 Å². The Morgan fingerprint density at radius 3 is 2.31 bits per heavy atom. The molecule has 170 valence electrons. The third kappa shape index (κ3) is 4.64. The Bertz CT molecular complexity index is 1030. The van der Waals surface area contributed by atoms with Crippen LogP contribution in [0.2, 0.25) is 0 Å². The van der Waals surface area contributed by atoms with E-state index in [9.17, 15) is 14.7 Å². The van der Waals surface area contributed by atoms with E-state index in [4.69, 9.17) is 9.47 Å². The third-order valence-electron chi connectivity index (χ3n) is 5.11. The summed E-state index contributed by atoms with van der Waals surface area (Å²) in [6.07, 6.45) is 0.0219. The van der Waals surface area contributed by atoms with E-state index in [1.165, 1.54) is 4.90 Å².